The number of ether oxygens (including phenoxy) is 2. The topological polar surface area (TPSA) is 90.6 Å². The molecule has 2 aromatic heterocycles. The number of nitrogens with zero attached hydrogens (tertiary/aromatic N) is 4. The molecule has 0 aliphatic carbocycles. The molecule has 2 heterocycles. The summed E-state index contributed by atoms with van der Waals surface area (Å²) < 4.78 is 12.5. The minimum absolute atomic E-state index is 0.182. The Morgan fingerprint density at radius 3 is 2.50 bits per heavy atom. The third-order valence-electron chi connectivity index (χ3n) is 4.56. The van der Waals surface area contributed by atoms with Gasteiger partial charge in [0, 0.05) is 5.56 Å². The Morgan fingerprint density at radius 2 is 1.77 bits per heavy atom. The molecule has 4 rings (SSSR count). The highest BCUT2D eigenvalue weighted by Gasteiger charge is 2.16. The van der Waals surface area contributed by atoms with Crippen molar-refractivity contribution in [2.45, 2.75) is 19.6 Å². The second-order valence-electron chi connectivity index (χ2n) is 6.62. The third kappa shape index (κ3) is 4.22. The number of hydrogen-bond donors (Lipinski definition) is 1. The lowest BCUT2D eigenvalue weighted by Gasteiger charge is -2.14. The second kappa shape index (κ2) is 8.60. The number of amides is 1. The quantitative estimate of drug-likeness (QED) is 0.510. The Balaban J connectivity index is 1.46. The van der Waals surface area contributed by atoms with E-state index in [0.29, 0.717) is 17.2 Å². The number of carbonyl (C=O) groups excluding carboxylic acids is 1. The lowest BCUT2D eigenvalue weighted by Crippen LogP contribution is -2.36. The number of benzene rings is 2. The fourth-order valence-electron chi connectivity index (χ4n) is 2.93. The summed E-state index contributed by atoms with van der Waals surface area (Å²) in [5, 5.41) is 15.7. The van der Waals surface area contributed by atoms with Crippen LogP contribution in [-0.4, -0.2) is 38.9 Å². The van der Waals surface area contributed by atoms with E-state index in [4.69, 9.17) is 9.47 Å². The monoisotopic (exact) mass is 403 g/mol. The lowest BCUT2D eigenvalue weighted by molar-refractivity contribution is -0.127. The van der Waals surface area contributed by atoms with Crippen LogP contribution >= 0.6 is 0 Å². The van der Waals surface area contributed by atoms with Gasteiger partial charge in [-0.2, -0.15) is 9.61 Å². The zero-order chi connectivity index (χ0) is 20.9. The van der Waals surface area contributed by atoms with Crippen LogP contribution in [0.25, 0.3) is 16.9 Å². The van der Waals surface area contributed by atoms with Gasteiger partial charge in [0.2, 0.25) is 0 Å². The minimum Gasteiger partial charge on any atom is -0.497 e. The summed E-state index contributed by atoms with van der Waals surface area (Å²) in [6, 6.07) is 20.6. The summed E-state index contributed by atoms with van der Waals surface area (Å²) in [6.45, 7) is 1.88. The highest BCUT2D eigenvalue weighted by atomic mass is 16.5. The molecule has 0 radical (unpaired) electrons. The summed E-state index contributed by atoms with van der Waals surface area (Å²) in [4.78, 5) is 12.4. The molecular formula is C22H21N5O3. The van der Waals surface area contributed by atoms with Crippen molar-refractivity contribution < 1.29 is 14.3 Å². The van der Waals surface area contributed by atoms with Gasteiger partial charge in [0.05, 0.1) is 19.3 Å². The van der Waals surface area contributed by atoms with Crippen molar-refractivity contribution in [3.05, 3.63) is 72.6 Å². The molecule has 0 bridgehead atoms. The third-order valence-corrected chi connectivity index (χ3v) is 4.56. The summed E-state index contributed by atoms with van der Waals surface area (Å²) in [7, 11) is 1.63. The Kier molecular flexibility index (Phi) is 5.56. The molecule has 0 fully saturated rings. The van der Waals surface area contributed by atoms with Crippen molar-refractivity contribution in [3.63, 3.8) is 0 Å². The van der Waals surface area contributed by atoms with E-state index >= 15 is 0 Å². The van der Waals surface area contributed by atoms with E-state index in [1.54, 1.807) is 30.7 Å². The minimum atomic E-state index is -0.644. The number of hydrogen-bond acceptors (Lipinski definition) is 6. The van der Waals surface area contributed by atoms with E-state index < -0.39 is 6.10 Å². The Bertz CT molecular complexity index is 1140. The summed E-state index contributed by atoms with van der Waals surface area (Å²) in [5.41, 5.74) is 2.30. The molecule has 1 amide bonds. The molecule has 0 aliphatic rings. The molecule has 2 aromatic carbocycles. The van der Waals surface area contributed by atoms with Gasteiger partial charge in [-0.05, 0) is 55.5 Å². The summed E-state index contributed by atoms with van der Waals surface area (Å²) >= 11 is 0. The molecule has 1 N–H and O–H groups in total. The molecule has 0 aliphatic heterocycles. The maximum absolute atomic E-state index is 12.4. The number of para-hydroxylation sites is 1. The molecular weight excluding hydrogens is 382 g/mol. The van der Waals surface area contributed by atoms with Crippen molar-refractivity contribution >= 4 is 11.6 Å². The van der Waals surface area contributed by atoms with E-state index in [9.17, 15) is 4.79 Å². The van der Waals surface area contributed by atoms with Crippen molar-refractivity contribution in [2.75, 3.05) is 7.11 Å². The van der Waals surface area contributed by atoms with Gasteiger partial charge in [-0.3, -0.25) is 4.79 Å². The van der Waals surface area contributed by atoms with Gasteiger partial charge < -0.3 is 14.8 Å². The van der Waals surface area contributed by atoms with Gasteiger partial charge in [-0.15, -0.1) is 10.2 Å². The van der Waals surface area contributed by atoms with Crippen LogP contribution in [0, 0.1) is 0 Å². The smallest absolute Gasteiger partial charge is 0.261 e. The normalized spacial score (nSPS) is 11.8. The molecule has 152 valence electrons. The number of nitrogens with one attached hydrogen (secondary N) is 1. The first-order valence-electron chi connectivity index (χ1n) is 9.49. The average Bonchev–Trinajstić information content (AvgIpc) is 3.20. The number of aromatic nitrogens is 4. The van der Waals surface area contributed by atoms with Crippen LogP contribution in [0.5, 0.6) is 11.5 Å². The first kappa shape index (κ1) is 19.4. The average molecular weight is 403 g/mol. The molecule has 0 unspecified atom stereocenters. The molecule has 30 heavy (non-hydrogen) atoms. The number of carbonyl (C=O) groups is 1. The van der Waals surface area contributed by atoms with Crippen molar-refractivity contribution in [3.8, 4) is 22.8 Å². The summed E-state index contributed by atoms with van der Waals surface area (Å²) in [6.07, 6.45) is -0.644. The van der Waals surface area contributed by atoms with E-state index in [1.165, 1.54) is 0 Å². The fraction of sp³-hybridized carbons (Fsp3) is 0.182. The Hall–Kier alpha value is -3.94. The molecule has 0 saturated carbocycles. The van der Waals surface area contributed by atoms with Crippen molar-refractivity contribution in [2.24, 2.45) is 0 Å². The zero-order valence-corrected chi connectivity index (χ0v) is 16.6. The van der Waals surface area contributed by atoms with Crippen LogP contribution in [0.15, 0.2) is 66.7 Å². The van der Waals surface area contributed by atoms with Gasteiger partial charge in [0.1, 0.15) is 11.5 Å². The first-order valence-corrected chi connectivity index (χ1v) is 9.49. The van der Waals surface area contributed by atoms with Gasteiger partial charge in [0.25, 0.3) is 5.91 Å². The van der Waals surface area contributed by atoms with Crippen LogP contribution in [0.3, 0.4) is 0 Å². The maximum Gasteiger partial charge on any atom is 0.261 e. The van der Waals surface area contributed by atoms with Crippen LogP contribution in [0.2, 0.25) is 0 Å². The molecule has 8 nitrogen and oxygen atoms in total. The largest absolute Gasteiger partial charge is 0.497 e. The fourth-order valence-corrected chi connectivity index (χ4v) is 2.93. The number of rotatable bonds is 7. The van der Waals surface area contributed by atoms with Crippen molar-refractivity contribution in [1.29, 1.82) is 0 Å². The van der Waals surface area contributed by atoms with E-state index in [-0.39, 0.29) is 12.5 Å². The van der Waals surface area contributed by atoms with Crippen LogP contribution in [0.4, 0.5) is 0 Å². The molecule has 0 spiro atoms. The van der Waals surface area contributed by atoms with Crippen LogP contribution < -0.4 is 14.8 Å². The standard InChI is InChI=1S/C22H21N5O3/c1-15(30-18-6-4-3-5-7-18)22(28)23-14-21-25-24-20-13-12-19(26-27(20)21)16-8-10-17(29-2)11-9-16/h3-13,15H,14H2,1-2H3,(H,23,28)/t15-/m0/s1. The number of methoxy groups -OCH3 is 1. The molecule has 4 aromatic rings. The van der Waals surface area contributed by atoms with E-state index in [1.807, 2.05) is 54.6 Å². The molecule has 1 atom stereocenters. The predicted molar refractivity (Wildman–Crippen MR) is 111 cm³/mol. The van der Waals surface area contributed by atoms with Crippen LogP contribution in [-0.2, 0) is 11.3 Å². The highest BCUT2D eigenvalue weighted by molar-refractivity contribution is 5.80. The zero-order valence-electron chi connectivity index (χ0n) is 16.6. The Morgan fingerprint density at radius 1 is 1.00 bits per heavy atom. The van der Waals surface area contributed by atoms with E-state index in [2.05, 4.69) is 20.6 Å². The summed E-state index contributed by atoms with van der Waals surface area (Å²) in [5.74, 6) is 1.70. The van der Waals surface area contributed by atoms with Gasteiger partial charge in [-0.25, -0.2) is 0 Å². The van der Waals surface area contributed by atoms with Crippen molar-refractivity contribution in [1.82, 2.24) is 25.1 Å². The Labute approximate surface area is 173 Å². The second-order valence-corrected chi connectivity index (χ2v) is 6.62. The number of fused-ring (bicyclic) bond motifs is 1. The molecule has 8 heteroatoms. The predicted octanol–water partition coefficient (Wildman–Crippen LogP) is 2.88. The van der Waals surface area contributed by atoms with Gasteiger partial charge in [-0.1, -0.05) is 18.2 Å². The van der Waals surface area contributed by atoms with Gasteiger partial charge >= 0.3 is 0 Å². The maximum atomic E-state index is 12.4. The highest BCUT2D eigenvalue weighted by Crippen LogP contribution is 2.21. The van der Waals surface area contributed by atoms with Crippen LogP contribution in [0.1, 0.15) is 12.7 Å². The lowest BCUT2D eigenvalue weighted by atomic mass is 10.1. The van der Waals surface area contributed by atoms with Gasteiger partial charge in [0.15, 0.2) is 17.6 Å². The SMILES string of the molecule is COc1ccc(-c2ccc3nnc(CNC(=O)[C@H](C)Oc4ccccc4)n3n2)cc1. The van der Waals surface area contributed by atoms with E-state index in [0.717, 1.165) is 17.0 Å². The first-order chi connectivity index (χ1) is 14.6. The molecule has 0 saturated heterocycles.